The minimum atomic E-state index is -0.631. The van der Waals surface area contributed by atoms with Crippen LogP contribution in [0.2, 0.25) is 0 Å². The van der Waals surface area contributed by atoms with Gasteiger partial charge in [-0.3, -0.25) is 4.79 Å². The average molecular weight is 203 g/mol. The minimum absolute atomic E-state index is 0.137. The molecule has 0 aliphatic carbocycles. The lowest BCUT2D eigenvalue weighted by atomic mass is 9.83. The van der Waals surface area contributed by atoms with Gasteiger partial charge < -0.3 is 10.0 Å². The Morgan fingerprint density at radius 2 is 2.15 bits per heavy atom. The zero-order valence-corrected chi connectivity index (χ0v) is 9.23. The minimum Gasteiger partial charge on any atom is -0.386 e. The van der Waals surface area contributed by atoms with E-state index in [2.05, 4.69) is 0 Å². The molecule has 0 spiro atoms. The molecule has 0 unspecified atom stereocenters. The van der Waals surface area contributed by atoms with Crippen molar-refractivity contribution >= 4 is 17.7 Å². The van der Waals surface area contributed by atoms with E-state index in [0.717, 1.165) is 0 Å². The Hall–Kier alpha value is -0.220. The summed E-state index contributed by atoms with van der Waals surface area (Å²) in [6.07, 6.45) is 1.91. The summed E-state index contributed by atoms with van der Waals surface area (Å²) < 4.78 is 0. The van der Waals surface area contributed by atoms with Gasteiger partial charge in [0.05, 0.1) is 18.8 Å². The highest BCUT2D eigenvalue weighted by Gasteiger charge is 2.45. The molecule has 1 fully saturated rings. The second kappa shape index (κ2) is 3.88. The third kappa shape index (κ3) is 2.17. The molecule has 4 heteroatoms. The number of aliphatic hydroxyl groups is 1. The van der Waals surface area contributed by atoms with Gasteiger partial charge in [0, 0.05) is 0 Å². The lowest BCUT2D eigenvalue weighted by Gasteiger charge is -2.49. The molecule has 1 aliphatic heterocycles. The maximum atomic E-state index is 11.3. The number of thioether (sulfide) groups is 1. The van der Waals surface area contributed by atoms with Crippen molar-refractivity contribution in [3.8, 4) is 0 Å². The van der Waals surface area contributed by atoms with Crippen LogP contribution >= 0.6 is 11.8 Å². The van der Waals surface area contributed by atoms with E-state index in [9.17, 15) is 9.90 Å². The van der Waals surface area contributed by atoms with E-state index in [1.54, 1.807) is 4.90 Å². The average Bonchev–Trinajstić information content (AvgIpc) is 1.98. The first-order valence-corrected chi connectivity index (χ1v) is 5.88. The van der Waals surface area contributed by atoms with Gasteiger partial charge in [-0.15, -0.1) is 0 Å². The Morgan fingerprint density at radius 3 is 2.54 bits per heavy atom. The lowest BCUT2D eigenvalue weighted by molar-refractivity contribution is -0.161. The molecule has 1 amide bonds. The molecule has 1 rings (SSSR count). The summed E-state index contributed by atoms with van der Waals surface area (Å²) in [5.74, 6) is 0.886. The number of hydrogen-bond acceptors (Lipinski definition) is 3. The van der Waals surface area contributed by atoms with E-state index in [4.69, 9.17) is 0 Å². The molecule has 0 atom stereocenters. The van der Waals surface area contributed by atoms with Crippen LogP contribution in [0.3, 0.4) is 0 Å². The molecule has 76 valence electrons. The SMILES string of the molecule is CSCC(=O)N1CC(O)(C(C)C)C1. The van der Waals surface area contributed by atoms with Gasteiger partial charge in [0.1, 0.15) is 5.60 Å². The van der Waals surface area contributed by atoms with Gasteiger partial charge in [-0.1, -0.05) is 13.8 Å². The second-order valence-corrected chi connectivity index (χ2v) is 4.81. The summed E-state index contributed by atoms with van der Waals surface area (Å²) in [5.41, 5.74) is -0.631. The predicted octanol–water partition coefficient (Wildman–Crippen LogP) is 0.579. The zero-order chi connectivity index (χ0) is 10.1. The van der Waals surface area contributed by atoms with Crippen LogP contribution < -0.4 is 0 Å². The van der Waals surface area contributed by atoms with E-state index in [1.807, 2.05) is 20.1 Å². The van der Waals surface area contributed by atoms with E-state index in [-0.39, 0.29) is 11.8 Å². The summed E-state index contributed by atoms with van der Waals surface area (Å²) in [4.78, 5) is 13.0. The van der Waals surface area contributed by atoms with Crippen molar-refractivity contribution in [3.63, 3.8) is 0 Å². The van der Waals surface area contributed by atoms with Crippen LogP contribution in [0.1, 0.15) is 13.8 Å². The number of hydrogen-bond donors (Lipinski definition) is 1. The number of rotatable bonds is 3. The monoisotopic (exact) mass is 203 g/mol. The summed E-state index contributed by atoms with van der Waals surface area (Å²) in [6, 6.07) is 0. The fourth-order valence-corrected chi connectivity index (χ4v) is 1.80. The standard InChI is InChI=1S/C9H17NO2S/c1-7(2)9(12)5-10(6-9)8(11)4-13-3/h7,12H,4-6H2,1-3H3. The molecule has 0 saturated carbocycles. The van der Waals surface area contributed by atoms with Crippen LogP contribution in [0.5, 0.6) is 0 Å². The van der Waals surface area contributed by atoms with Crippen LogP contribution in [0.4, 0.5) is 0 Å². The molecular formula is C9H17NO2S. The number of amides is 1. The molecule has 0 radical (unpaired) electrons. The Labute approximate surface area is 83.5 Å². The third-order valence-corrected chi connectivity index (χ3v) is 3.16. The van der Waals surface area contributed by atoms with Gasteiger partial charge in [0.15, 0.2) is 0 Å². The summed E-state index contributed by atoms with van der Waals surface area (Å²) in [7, 11) is 0. The Kier molecular flexibility index (Phi) is 3.24. The van der Waals surface area contributed by atoms with Gasteiger partial charge in [-0.05, 0) is 12.2 Å². The van der Waals surface area contributed by atoms with E-state index in [0.29, 0.717) is 18.8 Å². The topological polar surface area (TPSA) is 40.5 Å². The van der Waals surface area contributed by atoms with Crippen molar-refractivity contribution in [2.24, 2.45) is 5.92 Å². The van der Waals surface area contributed by atoms with Gasteiger partial charge in [0.2, 0.25) is 5.91 Å². The van der Waals surface area contributed by atoms with E-state index >= 15 is 0 Å². The summed E-state index contributed by atoms with van der Waals surface area (Å²) in [5, 5.41) is 9.87. The lowest BCUT2D eigenvalue weighted by Crippen LogP contribution is -2.66. The predicted molar refractivity (Wildman–Crippen MR) is 54.7 cm³/mol. The molecule has 0 aromatic heterocycles. The van der Waals surface area contributed by atoms with Crippen LogP contribution in [0, 0.1) is 5.92 Å². The van der Waals surface area contributed by atoms with E-state index in [1.165, 1.54) is 11.8 Å². The number of likely N-dealkylation sites (tertiary alicyclic amines) is 1. The van der Waals surface area contributed by atoms with Gasteiger partial charge in [-0.25, -0.2) is 0 Å². The molecule has 1 saturated heterocycles. The number of nitrogens with zero attached hydrogens (tertiary/aromatic N) is 1. The maximum absolute atomic E-state index is 11.3. The summed E-state index contributed by atoms with van der Waals surface area (Å²) >= 11 is 1.52. The quantitative estimate of drug-likeness (QED) is 0.729. The van der Waals surface area contributed by atoms with Crippen LogP contribution in [0.15, 0.2) is 0 Å². The number of carbonyl (C=O) groups excluding carboxylic acids is 1. The van der Waals surface area contributed by atoms with Gasteiger partial charge in [0.25, 0.3) is 0 Å². The molecule has 0 aromatic rings. The fourth-order valence-electron chi connectivity index (χ4n) is 1.37. The first-order valence-electron chi connectivity index (χ1n) is 4.48. The highest BCUT2D eigenvalue weighted by Crippen LogP contribution is 2.28. The highest BCUT2D eigenvalue weighted by atomic mass is 32.2. The molecule has 1 aliphatic rings. The highest BCUT2D eigenvalue weighted by molar-refractivity contribution is 7.99. The molecule has 1 N–H and O–H groups in total. The Balaban J connectivity index is 2.36. The van der Waals surface area contributed by atoms with Crippen LogP contribution in [0.25, 0.3) is 0 Å². The first-order chi connectivity index (χ1) is 5.99. The van der Waals surface area contributed by atoms with Crippen molar-refractivity contribution in [2.75, 3.05) is 25.1 Å². The number of β-amino-alcohol motifs (C(OH)–C–C–N with tert-alkyl or cyclic N) is 1. The van der Waals surface area contributed by atoms with E-state index < -0.39 is 5.60 Å². The van der Waals surface area contributed by atoms with Crippen molar-refractivity contribution in [3.05, 3.63) is 0 Å². The molecular weight excluding hydrogens is 186 g/mol. The summed E-state index contributed by atoms with van der Waals surface area (Å²) in [6.45, 7) is 4.97. The van der Waals surface area contributed by atoms with Crippen molar-refractivity contribution in [1.82, 2.24) is 4.90 Å². The molecule has 0 bridgehead atoms. The number of carbonyl (C=O) groups is 1. The van der Waals surface area contributed by atoms with Crippen LogP contribution in [-0.2, 0) is 4.79 Å². The first kappa shape index (κ1) is 10.9. The van der Waals surface area contributed by atoms with Crippen molar-refractivity contribution in [1.29, 1.82) is 0 Å². The molecule has 3 nitrogen and oxygen atoms in total. The van der Waals surface area contributed by atoms with Gasteiger partial charge >= 0.3 is 0 Å². The second-order valence-electron chi connectivity index (χ2n) is 3.94. The van der Waals surface area contributed by atoms with Crippen molar-refractivity contribution < 1.29 is 9.90 Å². The largest absolute Gasteiger partial charge is 0.386 e. The zero-order valence-electron chi connectivity index (χ0n) is 8.41. The third-order valence-electron chi connectivity index (χ3n) is 2.62. The van der Waals surface area contributed by atoms with Gasteiger partial charge in [-0.2, -0.15) is 11.8 Å². The molecule has 13 heavy (non-hydrogen) atoms. The Bertz CT molecular complexity index is 200. The van der Waals surface area contributed by atoms with Crippen LogP contribution in [-0.4, -0.2) is 46.6 Å². The Morgan fingerprint density at radius 1 is 1.62 bits per heavy atom. The molecule has 1 heterocycles. The normalized spacial score (nSPS) is 20.2. The van der Waals surface area contributed by atoms with Crippen molar-refractivity contribution in [2.45, 2.75) is 19.4 Å². The smallest absolute Gasteiger partial charge is 0.232 e. The molecule has 0 aromatic carbocycles. The maximum Gasteiger partial charge on any atom is 0.232 e. The fraction of sp³-hybridized carbons (Fsp3) is 0.889.